The Hall–Kier alpha value is -2.38. The van der Waals surface area contributed by atoms with Crippen LogP contribution < -0.4 is 10.6 Å². The van der Waals surface area contributed by atoms with Crippen molar-refractivity contribution < 1.29 is 10.1 Å². The quantitative estimate of drug-likeness (QED) is 0.857. The summed E-state index contributed by atoms with van der Waals surface area (Å²) in [6.07, 6.45) is 0. The van der Waals surface area contributed by atoms with Gasteiger partial charge in [-0.1, -0.05) is 56.3 Å². The average Bonchev–Trinajstić information content (AvgIpc) is 2.58. The minimum Gasteiger partial charge on any atom is -0.333 e. The Morgan fingerprint density at radius 2 is 1.88 bits per heavy atom. The molecular formula is C20H26N3O+. The van der Waals surface area contributed by atoms with Crippen molar-refractivity contribution in [2.45, 2.75) is 39.3 Å². The number of benzene rings is 2. The normalized spacial score (nSPS) is 14.8. The van der Waals surface area contributed by atoms with Crippen LogP contribution >= 0.6 is 0 Å². The molecule has 0 aliphatic carbocycles. The number of carbonyl (C=O) groups excluding carboxylic acids is 1. The van der Waals surface area contributed by atoms with Gasteiger partial charge in [-0.2, -0.15) is 5.26 Å². The summed E-state index contributed by atoms with van der Waals surface area (Å²) in [6, 6.07) is 16.9. The van der Waals surface area contributed by atoms with E-state index in [0.717, 1.165) is 0 Å². The number of carbonyl (C=O) groups is 1. The van der Waals surface area contributed by atoms with Crippen molar-refractivity contribution in [2.24, 2.45) is 5.92 Å². The predicted molar refractivity (Wildman–Crippen MR) is 96.2 cm³/mol. The maximum absolute atomic E-state index is 12.2. The molecule has 2 atom stereocenters. The molecule has 2 rings (SSSR count). The number of rotatable bonds is 6. The highest BCUT2D eigenvalue weighted by atomic mass is 16.2. The van der Waals surface area contributed by atoms with Crippen LogP contribution in [0.3, 0.4) is 0 Å². The molecule has 1 amide bonds. The topological polar surface area (TPSA) is 69.5 Å². The lowest BCUT2D eigenvalue weighted by Gasteiger charge is -2.27. The van der Waals surface area contributed by atoms with Crippen molar-refractivity contribution >= 4 is 16.7 Å². The fourth-order valence-electron chi connectivity index (χ4n) is 2.70. The van der Waals surface area contributed by atoms with Crippen molar-refractivity contribution in [2.75, 3.05) is 6.54 Å². The maximum Gasteiger partial charge on any atom is 0.276 e. The van der Waals surface area contributed by atoms with Gasteiger partial charge < -0.3 is 10.6 Å². The van der Waals surface area contributed by atoms with E-state index in [2.05, 4.69) is 42.6 Å². The van der Waals surface area contributed by atoms with Crippen LogP contribution in [0.1, 0.15) is 39.3 Å². The lowest BCUT2D eigenvalue weighted by Crippen LogP contribution is -2.87. The highest BCUT2D eigenvalue weighted by Gasteiger charge is 2.30. The zero-order chi connectivity index (χ0) is 17.7. The summed E-state index contributed by atoms with van der Waals surface area (Å²) < 4.78 is 0. The first-order valence-corrected chi connectivity index (χ1v) is 8.40. The van der Waals surface area contributed by atoms with E-state index >= 15 is 0 Å². The number of nitrogens with zero attached hydrogens (tertiary/aromatic N) is 1. The van der Waals surface area contributed by atoms with E-state index in [-0.39, 0.29) is 17.9 Å². The summed E-state index contributed by atoms with van der Waals surface area (Å²) in [5.74, 6) is -0.0539. The van der Waals surface area contributed by atoms with Crippen LogP contribution in [0, 0.1) is 17.2 Å². The SMILES string of the molecule is CC(C)[C@](C)(C#N)NC(=O)C[NH2+][C@H](C)c1cccc2ccccc12. The van der Waals surface area contributed by atoms with Crippen LogP contribution in [0.25, 0.3) is 10.8 Å². The minimum atomic E-state index is -0.826. The first-order valence-electron chi connectivity index (χ1n) is 8.40. The second-order valence-corrected chi connectivity index (χ2v) is 6.81. The van der Waals surface area contributed by atoms with Gasteiger partial charge in [-0.3, -0.25) is 4.79 Å². The van der Waals surface area contributed by atoms with Crippen LogP contribution in [0.5, 0.6) is 0 Å². The smallest absolute Gasteiger partial charge is 0.276 e. The molecule has 24 heavy (non-hydrogen) atoms. The van der Waals surface area contributed by atoms with E-state index in [4.69, 9.17) is 0 Å². The highest BCUT2D eigenvalue weighted by molar-refractivity contribution is 5.86. The van der Waals surface area contributed by atoms with E-state index < -0.39 is 5.54 Å². The van der Waals surface area contributed by atoms with Gasteiger partial charge in [0, 0.05) is 5.56 Å². The van der Waals surface area contributed by atoms with Crippen molar-refractivity contribution in [3.63, 3.8) is 0 Å². The third-order valence-corrected chi connectivity index (χ3v) is 4.76. The van der Waals surface area contributed by atoms with Crippen molar-refractivity contribution in [1.29, 1.82) is 5.26 Å². The number of amides is 1. The minimum absolute atomic E-state index is 0.0574. The van der Waals surface area contributed by atoms with E-state index in [9.17, 15) is 10.1 Å². The summed E-state index contributed by atoms with van der Waals surface area (Å²) in [6.45, 7) is 8.04. The van der Waals surface area contributed by atoms with Crippen LogP contribution in [0.4, 0.5) is 0 Å². The second-order valence-electron chi connectivity index (χ2n) is 6.81. The third-order valence-electron chi connectivity index (χ3n) is 4.76. The summed E-state index contributed by atoms with van der Waals surface area (Å²) >= 11 is 0. The first-order chi connectivity index (χ1) is 11.4. The Kier molecular flexibility index (Phi) is 5.58. The van der Waals surface area contributed by atoms with Gasteiger partial charge >= 0.3 is 0 Å². The molecule has 4 nitrogen and oxygen atoms in total. The Morgan fingerprint density at radius 3 is 2.54 bits per heavy atom. The molecule has 0 aliphatic rings. The first kappa shape index (κ1) is 18.0. The van der Waals surface area contributed by atoms with Crippen LogP contribution in [0.15, 0.2) is 42.5 Å². The standard InChI is InChI=1S/C20H25N3O/c1-14(2)20(4,13-21)23-19(24)12-22-15(3)17-11-7-9-16-8-5-6-10-18(16)17/h5-11,14-15,22H,12H2,1-4H3,(H,23,24)/p+1/t15-,20+/m1/s1. The van der Waals surface area contributed by atoms with Crippen molar-refractivity contribution in [3.8, 4) is 6.07 Å². The predicted octanol–water partition coefficient (Wildman–Crippen LogP) is 2.52. The van der Waals surface area contributed by atoms with Gasteiger partial charge in [-0.25, -0.2) is 0 Å². The lowest BCUT2D eigenvalue weighted by atomic mass is 9.90. The number of quaternary nitrogens is 1. The monoisotopic (exact) mass is 324 g/mol. The van der Waals surface area contributed by atoms with E-state index in [1.165, 1.54) is 16.3 Å². The molecule has 0 aliphatic heterocycles. The van der Waals surface area contributed by atoms with Gasteiger partial charge in [0.1, 0.15) is 11.6 Å². The summed E-state index contributed by atoms with van der Waals surface area (Å²) in [4.78, 5) is 12.2. The number of fused-ring (bicyclic) bond motifs is 1. The summed E-state index contributed by atoms with van der Waals surface area (Å²) in [5, 5.41) is 16.6. The molecule has 2 aromatic carbocycles. The van der Waals surface area contributed by atoms with E-state index in [1.54, 1.807) is 6.92 Å². The maximum atomic E-state index is 12.2. The molecular weight excluding hydrogens is 298 g/mol. The molecule has 0 heterocycles. The van der Waals surface area contributed by atoms with E-state index in [1.807, 2.05) is 37.4 Å². The number of nitrogens with two attached hydrogens (primary N) is 1. The van der Waals surface area contributed by atoms with Crippen LogP contribution in [-0.4, -0.2) is 18.0 Å². The molecule has 4 heteroatoms. The van der Waals surface area contributed by atoms with Crippen LogP contribution in [0.2, 0.25) is 0 Å². The highest BCUT2D eigenvalue weighted by Crippen LogP contribution is 2.22. The van der Waals surface area contributed by atoms with Crippen LogP contribution in [-0.2, 0) is 4.79 Å². The van der Waals surface area contributed by atoms with E-state index in [0.29, 0.717) is 6.54 Å². The Morgan fingerprint density at radius 1 is 1.21 bits per heavy atom. The molecule has 0 bridgehead atoms. The van der Waals surface area contributed by atoms with Gasteiger partial charge in [0.15, 0.2) is 6.54 Å². The van der Waals surface area contributed by atoms with Gasteiger partial charge in [0.2, 0.25) is 0 Å². The van der Waals surface area contributed by atoms with Gasteiger partial charge in [0.05, 0.1) is 6.07 Å². The van der Waals surface area contributed by atoms with Gasteiger partial charge in [-0.05, 0) is 30.5 Å². The van der Waals surface area contributed by atoms with Gasteiger partial charge in [0.25, 0.3) is 5.91 Å². The second kappa shape index (κ2) is 7.46. The molecule has 0 radical (unpaired) electrons. The number of hydrogen-bond donors (Lipinski definition) is 2. The third kappa shape index (κ3) is 3.93. The number of nitrogens with one attached hydrogen (secondary N) is 1. The molecule has 126 valence electrons. The molecule has 0 saturated heterocycles. The Labute approximate surface area is 143 Å². The van der Waals surface area contributed by atoms with Crippen molar-refractivity contribution in [1.82, 2.24) is 5.32 Å². The molecule has 2 aromatic rings. The zero-order valence-electron chi connectivity index (χ0n) is 14.8. The fraction of sp³-hybridized carbons (Fsp3) is 0.400. The fourth-order valence-corrected chi connectivity index (χ4v) is 2.70. The molecule has 0 unspecified atom stereocenters. The number of nitriles is 1. The largest absolute Gasteiger partial charge is 0.333 e. The van der Waals surface area contributed by atoms with Gasteiger partial charge in [-0.15, -0.1) is 0 Å². The number of hydrogen-bond acceptors (Lipinski definition) is 2. The Balaban J connectivity index is 2.04. The summed E-state index contributed by atoms with van der Waals surface area (Å²) in [7, 11) is 0. The summed E-state index contributed by atoms with van der Waals surface area (Å²) in [5.41, 5.74) is 0.390. The molecule has 0 fully saturated rings. The molecule has 0 spiro atoms. The average molecular weight is 324 g/mol. The van der Waals surface area contributed by atoms with Crippen molar-refractivity contribution in [3.05, 3.63) is 48.0 Å². The Bertz CT molecular complexity index is 758. The zero-order valence-corrected chi connectivity index (χ0v) is 14.8. The molecule has 0 aromatic heterocycles. The lowest BCUT2D eigenvalue weighted by molar-refractivity contribution is -0.682. The molecule has 3 N–H and O–H groups in total. The molecule has 0 saturated carbocycles.